The molecule has 0 spiro atoms. The first-order valence-electron chi connectivity index (χ1n) is 8.15. The lowest BCUT2D eigenvalue weighted by atomic mass is 10.0. The summed E-state index contributed by atoms with van der Waals surface area (Å²) in [5.41, 5.74) is 6.25. The summed E-state index contributed by atoms with van der Waals surface area (Å²) in [7, 11) is 1.15. The summed E-state index contributed by atoms with van der Waals surface area (Å²) in [6.07, 6.45) is -1.32. The SMILES string of the molecule is COC(OC)[C@H](O[Si](C)(C)C(C)(C)C)[C@@H]1OC(C)(C)OC[C@H]1N. The van der Waals surface area contributed by atoms with Crippen LogP contribution in [0.4, 0.5) is 0 Å². The Labute approximate surface area is 142 Å². The Bertz CT molecular complexity index is 379. The molecule has 1 fully saturated rings. The van der Waals surface area contributed by atoms with Crippen molar-refractivity contribution in [3.05, 3.63) is 0 Å². The van der Waals surface area contributed by atoms with Crippen LogP contribution >= 0.6 is 0 Å². The molecule has 23 heavy (non-hydrogen) atoms. The molecule has 1 heterocycles. The summed E-state index contributed by atoms with van der Waals surface area (Å²) >= 11 is 0. The quantitative estimate of drug-likeness (QED) is 0.587. The fourth-order valence-electron chi connectivity index (χ4n) is 2.31. The topological polar surface area (TPSA) is 72.2 Å². The maximum absolute atomic E-state index is 6.58. The third kappa shape index (κ3) is 5.22. The van der Waals surface area contributed by atoms with Crippen LogP contribution in [0.1, 0.15) is 34.6 Å². The molecule has 0 aromatic heterocycles. The lowest BCUT2D eigenvalue weighted by molar-refractivity contribution is -0.310. The van der Waals surface area contributed by atoms with Gasteiger partial charge in [-0.05, 0) is 32.0 Å². The number of hydrogen-bond donors (Lipinski definition) is 1. The van der Waals surface area contributed by atoms with E-state index < -0.39 is 26.5 Å². The third-order valence-corrected chi connectivity index (χ3v) is 9.23. The molecule has 0 aromatic rings. The third-order valence-electron chi connectivity index (χ3n) is 4.76. The van der Waals surface area contributed by atoms with Crippen molar-refractivity contribution >= 4 is 8.32 Å². The molecule has 1 aliphatic heterocycles. The maximum atomic E-state index is 6.58. The Morgan fingerprint density at radius 2 is 1.70 bits per heavy atom. The number of nitrogens with two attached hydrogens (primary N) is 1. The number of rotatable bonds is 6. The Morgan fingerprint density at radius 1 is 1.17 bits per heavy atom. The molecule has 6 nitrogen and oxygen atoms in total. The van der Waals surface area contributed by atoms with Crippen molar-refractivity contribution in [3.8, 4) is 0 Å². The molecule has 3 atom stereocenters. The highest BCUT2D eigenvalue weighted by Crippen LogP contribution is 2.39. The Balaban J connectivity index is 3.10. The van der Waals surface area contributed by atoms with Gasteiger partial charge in [0.15, 0.2) is 20.4 Å². The number of hydrogen-bond acceptors (Lipinski definition) is 6. The molecule has 0 unspecified atom stereocenters. The van der Waals surface area contributed by atoms with E-state index in [1.165, 1.54) is 0 Å². The fourth-order valence-corrected chi connectivity index (χ4v) is 3.59. The summed E-state index contributed by atoms with van der Waals surface area (Å²) in [6, 6.07) is -0.300. The van der Waals surface area contributed by atoms with Crippen LogP contribution in [0.25, 0.3) is 0 Å². The Kier molecular flexibility index (Phi) is 6.83. The normalized spacial score (nSPS) is 27.3. The van der Waals surface area contributed by atoms with Gasteiger partial charge in [0.2, 0.25) is 0 Å². The minimum absolute atomic E-state index is 0.0576. The van der Waals surface area contributed by atoms with Gasteiger partial charge in [-0.3, -0.25) is 0 Å². The monoisotopic (exact) mass is 349 g/mol. The van der Waals surface area contributed by atoms with E-state index in [0.29, 0.717) is 6.61 Å². The van der Waals surface area contributed by atoms with Gasteiger partial charge in [0, 0.05) is 14.2 Å². The molecule has 0 bridgehead atoms. The average molecular weight is 350 g/mol. The van der Waals surface area contributed by atoms with Crippen molar-refractivity contribution in [2.24, 2.45) is 5.73 Å². The van der Waals surface area contributed by atoms with Crippen LogP contribution in [-0.2, 0) is 23.4 Å². The van der Waals surface area contributed by atoms with E-state index in [1.54, 1.807) is 14.2 Å². The summed E-state index contributed by atoms with van der Waals surface area (Å²) in [4.78, 5) is 0. The van der Waals surface area contributed by atoms with Crippen LogP contribution in [0.3, 0.4) is 0 Å². The van der Waals surface area contributed by atoms with Gasteiger partial charge < -0.3 is 29.1 Å². The minimum Gasteiger partial charge on any atom is -0.406 e. The second kappa shape index (κ2) is 7.47. The lowest BCUT2D eigenvalue weighted by Gasteiger charge is -2.47. The first kappa shape index (κ1) is 21.0. The fraction of sp³-hybridized carbons (Fsp3) is 1.00. The molecule has 2 N–H and O–H groups in total. The zero-order valence-corrected chi connectivity index (χ0v) is 17.1. The van der Waals surface area contributed by atoms with E-state index in [0.717, 1.165) is 0 Å². The van der Waals surface area contributed by atoms with Crippen molar-refractivity contribution in [2.75, 3.05) is 20.8 Å². The molecule has 7 heteroatoms. The van der Waals surface area contributed by atoms with Crippen LogP contribution in [0.2, 0.25) is 18.1 Å². The summed E-state index contributed by atoms with van der Waals surface area (Å²) in [5, 5.41) is 0.0576. The van der Waals surface area contributed by atoms with Gasteiger partial charge in [0.25, 0.3) is 0 Å². The van der Waals surface area contributed by atoms with Gasteiger partial charge in [0.05, 0.1) is 12.6 Å². The van der Waals surface area contributed by atoms with Gasteiger partial charge in [-0.2, -0.15) is 0 Å². The summed E-state index contributed by atoms with van der Waals surface area (Å²) < 4.78 is 29.3. The average Bonchev–Trinajstić information content (AvgIpc) is 2.40. The van der Waals surface area contributed by atoms with Crippen LogP contribution in [0, 0.1) is 0 Å². The van der Waals surface area contributed by atoms with Crippen LogP contribution in [0.15, 0.2) is 0 Å². The Hall–Kier alpha value is -0.0231. The maximum Gasteiger partial charge on any atom is 0.192 e. The summed E-state index contributed by atoms with van der Waals surface area (Å²) in [5.74, 6) is -0.707. The Morgan fingerprint density at radius 3 is 2.13 bits per heavy atom. The molecule has 138 valence electrons. The van der Waals surface area contributed by atoms with Gasteiger partial charge in [0.1, 0.15) is 12.2 Å². The van der Waals surface area contributed by atoms with Crippen LogP contribution < -0.4 is 5.73 Å². The molecule has 0 aromatic carbocycles. The van der Waals surface area contributed by atoms with Gasteiger partial charge in [-0.15, -0.1) is 0 Å². The number of methoxy groups -OCH3 is 2. The smallest absolute Gasteiger partial charge is 0.192 e. The minimum atomic E-state index is -2.06. The van der Waals surface area contributed by atoms with E-state index in [4.69, 9.17) is 29.1 Å². The molecule has 0 radical (unpaired) electrons. The van der Waals surface area contributed by atoms with Crippen LogP contribution in [0.5, 0.6) is 0 Å². The van der Waals surface area contributed by atoms with Gasteiger partial charge in [-0.25, -0.2) is 0 Å². The highest BCUT2D eigenvalue weighted by molar-refractivity contribution is 6.74. The second-order valence-corrected chi connectivity index (χ2v) is 12.9. The predicted molar refractivity (Wildman–Crippen MR) is 92.8 cm³/mol. The van der Waals surface area contributed by atoms with Crippen LogP contribution in [-0.4, -0.2) is 59.5 Å². The van der Waals surface area contributed by atoms with E-state index in [-0.39, 0.29) is 17.2 Å². The van der Waals surface area contributed by atoms with Gasteiger partial charge in [-0.1, -0.05) is 20.8 Å². The molecule has 1 aliphatic rings. The van der Waals surface area contributed by atoms with Crippen molar-refractivity contribution in [1.82, 2.24) is 0 Å². The van der Waals surface area contributed by atoms with E-state index in [9.17, 15) is 0 Å². The first-order chi connectivity index (χ1) is 10.3. The van der Waals surface area contributed by atoms with Crippen molar-refractivity contribution < 1.29 is 23.4 Å². The molecular formula is C16H35NO5Si. The molecule has 1 rings (SSSR count). The van der Waals surface area contributed by atoms with Crippen molar-refractivity contribution in [2.45, 2.75) is 83.1 Å². The number of ether oxygens (including phenoxy) is 4. The lowest BCUT2D eigenvalue weighted by Crippen LogP contribution is -2.63. The van der Waals surface area contributed by atoms with Crippen molar-refractivity contribution in [1.29, 1.82) is 0 Å². The zero-order valence-electron chi connectivity index (χ0n) is 16.1. The first-order valence-corrected chi connectivity index (χ1v) is 11.1. The molecule has 0 aliphatic carbocycles. The molecule has 0 amide bonds. The molecular weight excluding hydrogens is 314 g/mol. The largest absolute Gasteiger partial charge is 0.406 e. The molecule has 1 saturated heterocycles. The van der Waals surface area contributed by atoms with Gasteiger partial charge >= 0.3 is 0 Å². The van der Waals surface area contributed by atoms with E-state index >= 15 is 0 Å². The van der Waals surface area contributed by atoms with E-state index in [1.807, 2.05) is 13.8 Å². The van der Waals surface area contributed by atoms with E-state index in [2.05, 4.69) is 33.9 Å². The zero-order chi connectivity index (χ0) is 18.1. The molecule has 0 saturated carbocycles. The highest BCUT2D eigenvalue weighted by atomic mass is 28.4. The second-order valence-electron chi connectivity index (χ2n) is 8.14. The predicted octanol–water partition coefficient (Wildman–Crippen LogP) is 2.47. The standard InChI is InChI=1S/C16H35NO5Si/c1-15(2,3)23(8,9)22-13(14(18-6)19-7)12-11(17)10-20-16(4,5)21-12/h11-14H,10,17H2,1-9H3/t11-,12-,13-/m1/s1. The highest BCUT2D eigenvalue weighted by Gasteiger charge is 2.48. The summed E-state index contributed by atoms with van der Waals surface area (Å²) in [6.45, 7) is 15.1. The van der Waals surface area contributed by atoms with Crippen molar-refractivity contribution in [3.63, 3.8) is 0 Å².